The van der Waals surface area contributed by atoms with Gasteiger partial charge in [0.25, 0.3) is 0 Å². The van der Waals surface area contributed by atoms with Crippen molar-refractivity contribution in [2.75, 3.05) is 17.2 Å². The molecule has 0 atom stereocenters. The average molecular weight is 419 g/mol. The van der Waals surface area contributed by atoms with Gasteiger partial charge in [0.1, 0.15) is 5.82 Å². The quantitative estimate of drug-likeness (QED) is 0.424. The van der Waals surface area contributed by atoms with E-state index >= 15 is 0 Å². The van der Waals surface area contributed by atoms with Gasteiger partial charge in [0, 0.05) is 30.1 Å². The molecule has 2 aliphatic rings. The van der Waals surface area contributed by atoms with Gasteiger partial charge in [0.2, 0.25) is 11.1 Å². The predicted molar refractivity (Wildman–Crippen MR) is 116 cm³/mol. The van der Waals surface area contributed by atoms with Crippen molar-refractivity contribution in [1.82, 2.24) is 14.8 Å². The molecular weight excluding hydrogens is 396 g/mol. The number of thioether (sulfide) groups is 1. The summed E-state index contributed by atoms with van der Waals surface area (Å²) < 4.78 is 1.91. The van der Waals surface area contributed by atoms with Crippen molar-refractivity contribution in [3.63, 3.8) is 0 Å². The lowest BCUT2D eigenvalue weighted by Gasteiger charge is -2.16. The van der Waals surface area contributed by atoms with E-state index in [1.165, 1.54) is 11.8 Å². The largest absolute Gasteiger partial charge is 0.312 e. The van der Waals surface area contributed by atoms with E-state index in [0.29, 0.717) is 23.1 Å². The smallest absolute Gasteiger partial charge is 0.227 e. The Morgan fingerprint density at radius 3 is 2.60 bits per heavy atom. The lowest BCUT2D eigenvalue weighted by molar-refractivity contribution is -0.117. The number of hydrogen-bond acceptors (Lipinski definition) is 5. The molecule has 0 N–H and O–H groups in total. The Morgan fingerprint density at radius 1 is 1.07 bits per heavy atom. The molecule has 0 radical (unpaired) electrons. The van der Waals surface area contributed by atoms with Crippen LogP contribution >= 0.6 is 11.8 Å². The highest BCUT2D eigenvalue weighted by atomic mass is 32.2. The standard InChI is InChI=1S/C23H22N4O2S/c28-20(17-6-4-9-19(14-17)26-13-5-10-21(26)29)15-30-23-24-22(16-11-12-16)27(25-23)18-7-2-1-3-8-18/h1-4,6-9,14,16H,5,10-13,15H2. The van der Waals surface area contributed by atoms with Gasteiger partial charge < -0.3 is 4.90 Å². The van der Waals surface area contributed by atoms with E-state index in [1.54, 1.807) is 11.0 Å². The number of benzene rings is 2. The lowest BCUT2D eigenvalue weighted by atomic mass is 10.1. The first-order chi connectivity index (χ1) is 14.7. The summed E-state index contributed by atoms with van der Waals surface area (Å²) >= 11 is 1.36. The third kappa shape index (κ3) is 3.89. The first-order valence-corrected chi connectivity index (χ1v) is 11.3. The van der Waals surface area contributed by atoms with Crippen LogP contribution < -0.4 is 4.90 Å². The van der Waals surface area contributed by atoms with E-state index in [2.05, 4.69) is 5.10 Å². The Kier molecular flexibility index (Phi) is 5.12. The second-order valence-electron chi connectivity index (χ2n) is 7.69. The van der Waals surface area contributed by atoms with Gasteiger partial charge >= 0.3 is 0 Å². The molecule has 0 unspecified atom stereocenters. The minimum Gasteiger partial charge on any atom is -0.312 e. The Balaban J connectivity index is 1.31. The van der Waals surface area contributed by atoms with Gasteiger partial charge in [0.05, 0.1) is 11.4 Å². The van der Waals surface area contributed by atoms with E-state index in [0.717, 1.165) is 43.0 Å². The molecule has 1 saturated heterocycles. The highest BCUT2D eigenvalue weighted by Crippen LogP contribution is 2.40. The zero-order chi connectivity index (χ0) is 20.5. The van der Waals surface area contributed by atoms with Gasteiger partial charge in [-0.25, -0.2) is 9.67 Å². The number of rotatable bonds is 7. The molecule has 5 rings (SSSR count). The van der Waals surface area contributed by atoms with Crippen LogP contribution in [-0.2, 0) is 4.79 Å². The topological polar surface area (TPSA) is 68.1 Å². The molecule has 3 aromatic rings. The summed E-state index contributed by atoms with van der Waals surface area (Å²) in [6.07, 6.45) is 3.71. The number of carbonyl (C=O) groups is 2. The molecule has 0 bridgehead atoms. The van der Waals surface area contributed by atoms with Gasteiger partial charge in [0.15, 0.2) is 5.78 Å². The maximum absolute atomic E-state index is 12.8. The van der Waals surface area contributed by atoms with Gasteiger partial charge in [-0.05, 0) is 43.5 Å². The van der Waals surface area contributed by atoms with Crippen LogP contribution in [0.15, 0.2) is 59.8 Å². The molecule has 2 fully saturated rings. The number of amides is 1. The van der Waals surface area contributed by atoms with E-state index in [4.69, 9.17) is 4.98 Å². The van der Waals surface area contributed by atoms with Crippen LogP contribution in [0.5, 0.6) is 0 Å². The monoisotopic (exact) mass is 418 g/mol. The average Bonchev–Trinajstić information content (AvgIpc) is 3.40. The molecule has 2 heterocycles. The normalized spacial score (nSPS) is 16.3. The molecule has 7 heteroatoms. The highest BCUT2D eigenvalue weighted by molar-refractivity contribution is 7.99. The summed E-state index contributed by atoms with van der Waals surface area (Å²) in [5, 5.41) is 5.29. The van der Waals surface area contributed by atoms with Crippen molar-refractivity contribution in [2.24, 2.45) is 0 Å². The van der Waals surface area contributed by atoms with Crippen molar-refractivity contribution in [2.45, 2.75) is 36.8 Å². The number of hydrogen-bond donors (Lipinski definition) is 0. The van der Waals surface area contributed by atoms with Crippen molar-refractivity contribution >= 4 is 29.1 Å². The van der Waals surface area contributed by atoms with Crippen LogP contribution in [0.1, 0.15) is 47.8 Å². The summed E-state index contributed by atoms with van der Waals surface area (Å²) in [6, 6.07) is 17.3. The van der Waals surface area contributed by atoms with E-state index in [9.17, 15) is 9.59 Å². The zero-order valence-electron chi connectivity index (χ0n) is 16.5. The summed E-state index contributed by atoms with van der Waals surface area (Å²) in [7, 11) is 0. The van der Waals surface area contributed by atoms with Crippen LogP contribution in [0.2, 0.25) is 0 Å². The molecule has 1 saturated carbocycles. The fraction of sp³-hybridized carbons (Fsp3) is 0.304. The van der Waals surface area contributed by atoms with E-state index in [1.807, 2.05) is 53.2 Å². The minimum absolute atomic E-state index is 0.0116. The number of carbonyl (C=O) groups excluding carboxylic acids is 2. The fourth-order valence-corrected chi connectivity index (χ4v) is 4.44. The first kappa shape index (κ1) is 19.1. The predicted octanol–water partition coefficient (Wildman–Crippen LogP) is 4.25. The number of para-hydroxylation sites is 1. The third-order valence-corrected chi connectivity index (χ3v) is 6.28. The van der Waals surface area contributed by atoms with Crippen LogP contribution in [-0.4, -0.2) is 38.8 Å². The van der Waals surface area contributed by atoms with Gasteiger partial charge in [-0.2, -0.15) is 0 Å². The summed E-state index contributed by atoms with van der Waals surface area (Å²) in [6.45, 7) is 0.718. The number of Topliss-reactive ketones (excluding diaryl/α,β-unsaturated/α-hetero) is 1. The molecule has 152 valence electrons. The van der Waals surface area contributed by atoms with Gasteiger partial charge in [-0.15, -0.1) is 5.10 Å². The van der Waals surface area contributed by atoms with Crippen molar-refractivity contribution in [3.8, 4) is 5.69 Å². The number of aromatic nitrogens is 3. The van der Waals surface area contributed by atoms with Crippen molar-refractivity contribution in [3.05, 3.63) is 66.0 Å². The van der Waals surface area contributed by atoms with E-state index in [-0.39, 0.29) is 17.4 Å². The molecular formula is C23H22N4O2S. The Morgan fingerprint density at radius 2 is 1.87 bits per heavy atom. The van der Waals surface area contributed by atoms with E-state index < -0.39 is 0 Å². The van der Waals surface area contributed by atoms with Gasteiger partial charge in [-0.1, -0.05) is 42.1 Å². The number of ketones is 1. The zero-order valence-corrected chi connectivity index (χ0v) is 17.3. The molecule has 1 amide bonds. The lowest BCUT2D eigenvalue weighted by Crippen LogP contribution is -2.23. The second kappa shape index (κ2) is 8.07. The number of anilines is 1. The first-order valence-electron chi connectivity index (χ1n) is 10.3. The van der Waals surface area contributed by atoms with Crippen LogP contribution in [0.25, 0.3) is 5.69 Å². The molecule has 2 aromatic carbocycles. The Labute approximate surface area is 179 Å². The maximum atomic E-state index is 12.8. The molecule has 6 nitrogen and oxygen atoms in total. The summed E-state index contributed by atoms with van der Waals surface area (Å²) in [5.74, 6) is 1.83. The third-order valence-electron chi connectivity index (χ3n) is 5.44. The molecule has 30 heavy (non-hydrogen) atoms. The number of nitrogens with zero attached hydrogens (tertiary/aromatic N) is 4. The van der Waals surface area contributed by atoms with Crippen LogP contribution in [0.3, 0.4) is 0 Å². The Hall–Kier alpha value is -2.93. The fourth-order valence-electron chi connectivity index (χ4n) is 3.71. The van der Waals surface area contributed by atoms with Crippen LogP contribution in [0.4, 0.5) is 5.69 Å². The molecule has 1 aliphatic heterocycles. The molecule has 1 aliphatic carbocycles. The minimum atomic E-state index is 0.0116. The van der Waals surface area contributed by atoms with Crippen molar-refractivity contribution < 1.29 is 9.59 Å². The SMILES string of the molecule is O=C(CSc1nc(C2CC2)n(-c2ccccc2)n1)c1cccc(N2CCCC2=O)c1. The Bertz CT molecular complexity index is 1090. The van der Waals surface area contributed by atoms with Crippen molar-refractivity contribution in [1.29, 1.82) is 0 Å². The highest BCUT2D eigenvalue weighted by Gasteiger charge is 2.30. The summed E-state index contributed by atoms with van der Waals surface area (Å²) in [5.41, 5.74) is 2.41. The van der Waals surface area contributed by atoms with Gasteiger partial charge in [-0.3, -0.25) is 9.59 Å². The summed E-state index contributed by atoms with van der Waals surface area (Å²) in [4.78, 5) is 31.3. The second-order valence-corrected chi connectivity index (χ2v) is 8.63. The molecule has 0 spiro atoms. The maximum Gasteiger partial charge on any atom is 0.227 e. The molecule has 1 aromatic heterocycles. The van der Waals surface area contributed by atoms with Crippen LogP contribution in [0, 0.1) is 0 Å².